The Kier molecular flexibility index (Phi) is 24.7. The monoisotopic (exact) mass is 932 g/mol. The first-order chi connectivity index (χ1) is 24.6. The van der Waals surface area contributed by atoms with Crippen LogP contribution in [0.2, 0.25) is 0 Å². The second-order valence-electron chi connectivity index (χ2n) is 12.9. The molecule has 58 heavy (non-hydrogen) atoms. The molecular formula is C38H43N6Na3O10Sn+2. The molecule has 16 nitrogen and oxygen atoms in total. The Morgan fingerprint density at radius 3 is 2.03 bits per heavy atom. The van der Waals surface area contributed by atoms with E-state index in [2.05, 4.69) is 26.5 Å². The van der Waals surface area contributed by atoms with Crippen LogP contribution in [0.25, 0.3) is 39.3 Å². The SMILES string of the molecule is C=Cc1c(C)c2cc3nc(c(CC([O-])=NCC([O-])=NCC(=O)O)c4nc(cc5[nH]c(cc1[nH]2)c(C)c5CC)C(C)=C4C(=O)O)C(CCC(=O)[O-])C3C.O.O.[Na+].[Na+].[Na+].[Sn+2]. The van der Waals surface area contributed by atoms with Gasteiger partial charge >= 0.3 is 125 Å². The molecule has 0 spiro atoms. The minimum absolute atomic E-state index is 0. The predicted octanol–water partition coefficient (Wildman–Crippen LogP) is -8.30. The number of fused-ring (bicyclic) bond motifs is 8. The molecule has 2 unspecified atom stereocenters. The van der Waals surface area contributed by atoms with Crippen LogP contribution < -0.4 is 104 Å². The van der Waals surface area contributed by atoms with E-state index in [4.69, 9.17) is 15.1 Å². The Balaban J connectivity index is 0. The Labute approximate surface area is 418 Å². The van der Waals surface area contributed by atoms with Crippen molar-refractivity contribution >= 4 is 92.9 Å². The number of carbonyl (C=O) groups excluding carboxylic acids is 1. The number of aliphatic carboxylic acids is 3. The second kappa shape index (κ2) is 24.8. The Hall–Kier alpha value is -2.33. The van der Waals surface area contributed by atoms with E-state index in [9.17, 15) is 34.8 Å². The number of nitrogens with one attached hydrogen (secondary N) is 2. The summed E-state index contributed by atoms with van der Waals surface area (Å²) >= 11 is 0. The first-order valence-electron chi connectivity index (χ1n) is 16.8. The van der Waals surface area contributed by atoms with Gasteiger partial charge in [0.1, 0.15) is 6.54 Å². The van der Waals surface area contributed by atoms with E-state index in [0.717, 1.165) is 44.3 Å². The molecule has 0 amide bonds. The van der Waals surface area contributed by atoms with Gasteiger partial charge < -0.3 is 56.2 Å². The number of carboxylic acid groups (broad SMARTS) is 3. The van der Waals surface area contributed by atoms with Crippen molar-refractivity contribution in [2.24, 2.45) is 9.98 Å². The van der Waals surface area contributed by atoms with Crippen LogP contribution in [0.1, 0.15) is 96.0 Å². The zero-order chi connectivity index (χ0) is 38.0. The number of hydrogen-bond donors (Lipinski definition) is 4. The van der Waals surface area contributed by atoms with E-state index < -0.39 is 55.1 Å². The van der Waals surface area contributed by atoms with Gasteiger partial charge in [0.05, 0.1) is 29.2 Å². The maximum absolute atomic E-state index is 13.4. The van der Waals surface area contributed by atoms with Gasteiger partial charge in [-0.05, 0) is 92.3 Å². The van der Waals surface area contributed by atoms with Crippen LogP contribution >= 0.6 is 0 Å². The second-order valence-corrected chi connectivity index (χ2v) is 12.9. The van der Waals surface area contributed by atoms with E-state index in [0.29, 0.717) is 23.4 Å². The number of nitrogens with zero attached hydrogens (tertiary/aromatic N) is 4. The number of aromatic nitrogens is 4. The molecule has 0 saturated heterocycles. The molecule has 2 atom stereocenters. The van der Waals surface area contributed by atoms with Crippen molar-refractivity contribution in [1.82, 2.24) is 19.9 Å². The van der Waals surface area contributed by atoms with E-state index in [1.54, 1.807) is 19.1 Å². The van der Waals surface area contributed by atoms with Gasteiger partial charge in [-0.3, -0.25) is 14.8 Å². The molecule has 2 radical (unpaired) electrons. The Morgan fingerprint density at radius 2 is 1.47 bits per heavy atom. The molecule has 8 N–H and O–H groups in total. The number of hydrogen-bond acceptors (Lipinski definition) is 10. The van der Waals surface area contributed by atoms with Crippen molar-refractivity contribution in [3.05, 3.63) is 75.4 Å². The molecule has 0 saturated carbocycles. The third-order valence-corrected chi connectivity index (χ3v) is 9.72. The molecule has 5 rings (SSSR count). The molecule has 0 aromatic carbocycles. The summed E-state index contributed by atoms with van der Waals surface area (Å²) in [7, 11) is 0. The number of rotatable bonds is 12. The molecule has 290 valence electrons. The number of carboxylic acids is 3. The number of allylic oxidation sites excluding steroid dienone is 1. The zero-order valence-corrected chi connectivity index (χ0v) is 42.9. The third-order valence-electron chi connectivity index (χ3n) is 9.72. The minimum atomic E-state index is -1.33. The quantitative estimate of drug-likeness (QED) is 0.0756. The third kappa shape index (κ3) is 12.6. The van der Waals surface area contributed by atoms with E-state index in [1.165, 1.54) is 0 Å². The van der Waals surface area contributed by atoms with Gasteiger partial charge in [-0.1, -0.05) is 26.5 Å². The number of aliphatic imine (C=N–C) groups is 2. The van der Waals surface area contributed by atoms with E-state index >= 15 is 0 Å². The number of aromatic amines is 2. The Morgan fingerprint density at radius 1 is 0.862 bits per heavy atom. The summed E-state index contributed by atoms with van der Waals surface area (Å²) in [5.41, 5.74) is 8.31. The first kappa shape index (κ1) is 57.8. The molecule has 0 aliphatic carbocycles. The summed E-state index contributed by atoms with van der Waals surface area (Å²) < 4.78 is 0. The summed E-state index contributed by atoms with van der Waals surface area (Å²) in [5, 5.41) is 56.7. The summed E-state index contributed by atoms with van der Waals surface area (Å²) in [5.74, 6) is -6.64. The summed E-state index contributed by atoms with van der Waals surface area (Å²) in [6.45, 7) is 12.0. The Bertz CT molecular complexity index is 2290. The summed E-state index contributed by atoms with van der Waals surface area (Å²) in [4.78, 5) is 59.4. The molecule has 8 bridgehead atoms. The van der Waals surface area contributed by atoms with Gasteiger partial charge in [0.25, 0.3) is 0 Å². The average molecular weight is 931 g/mol. The van der Waals surface area contributed by atoms with Crippen LogP contribution in [0, 0.1) is 13.8 Å². The van der Waals surface area contributed by atoms with Crippen LogP contribution in [0.4, 0.5) is 0 Å². The number of H-pyrrole nitrogens is 2. The number of carbonyl (C=O) groups is 3. The van der Waals surface area contributed by atoms with Crippen molar-refractivity contribution in [3.8, 4) is 0 Å². The maximum Gasteiger partial charge on any atom is 2.00 e. The van der Waals surface area contributed by atoms with Crippen molar-refractivity contribution in [1.29, 1.82) is 0 Å². The van der Waals surface area contributed by atoms with Crippen LogP contribution in [-0.2, 0) is 27.2 Å². The average Bonchev–Trinajstić information content (AvgIpc) is 3.77. The topological polar surface area (TPSA) is 306 Å². The summed E-state index contributed by atoms with van der Waals surface area (Å²) in [6.07, 6.45) is 1.63. The van der Waals surface area contributed by atoms with Gasteiger partial charge in [-0.2, -0.15) is 0 Å². The minimum Gasteiger partial charge on any atom is -0.862 e. The molecule has 2 aliphatic rings. The van der Waals surface area contributed by atoms with Crippen LogP contribution in [0.3, 0.4) is 0 Å². The molecule has 5 heterocycles. The smallest absolute Gasteiger partial charge is 0.862 e. The normalized spacial score (nSPS) is 14.6. The van der Waals surface area contributed by atoms with Gasteiger partial charge in [-0.25, -0.2) is 9.78 Å². The van der Waals surface area contributed by atoms with Gasteiger partial charge in [0, 0.05) is 63.1 Å². The molecule has 3 aromatic heterocycles. The fourth-order valence-electron chi connectivity index (χ4n) is 6.94. The molecular weight excluding hydrogens is 888 g/mol. The maximum atomic E-state index is 13.4. The van der Waals surface area contributed by atoms with Crippen molar-refractivity contribution in [3.63, 3.8) is 0 Å². The summed E-state index contributed by atoms with van der Waals surface area (Å²) in [6, 6.07) is 5.62. The fraction of sp³-hybridized carbons (Fsp3) is 0.342. The van der Waals surface area contributed by atoms with E-state index in [1.807, 2.05) is 39.8 Å². The molecule has 2 aliphatic heterocycles. The van der Waals surface area contributed by atoms with Crippen molar-refractivity contribution in [2.75, 3.05) is 13.1 Å². The van der Waals surface area contributed by atoms with Crippen molar-refractivity contribution in [2.45, 2.75) is 72.1 Å². The molecule has 0 fully saturated rings. The molecule has 3 aromatic rings. The molecule has 20 heteroatoms. The zero-order valence-electron chi connectivity index (χ0n) is 34.0. The largest absolute Gasteiger partial charge is 2.00 e. The standard InChI is InChI=1S/C38H42N6O8.3Na.2H2O.Sn/c1-7-21-17(3)25-12-27-19(5)23(9-10-33(47)48)36(43-27)24(11-31(45)39-15-32(46)40-16-34(49)50)37-35(38(51)52)20(6)28(44-37)14-30-22(8-2)18(4)26(42-30)13-29(21)41-25;;;;;;/h7,12-14,19,23,41-42H,1,8-11,15-16H2,2-6H3,(H,39,45)(H,40,46)(H,47,48)(H,49,50)(H,51,52);;;;2*1H2;/q;3*+1;;;+2/p-3. The fourth-order valence-corrected chi connectivity index (χ4v) is 6.94. The van der Waals surface area contributed by atoms with Crippen molar-refractivity contribution < 1.29 is 140 Å². The van der Waals surface area contributed by atoms with Crippen LogP contribution in [0.15, 0.2) is 34.8 Å². The van der Waals surface area contributed by atoms with Gasteiger partial charge in [0.2, 0.25) is 0 Å². The van der Waals surface area contributed by atoms with Gasteiger partial charge in [0.15, 0.2) is 0 Å². The number of aryl methyl sites for hydroxylation is 3. The van der Waals surface area contributed by atoms with Crippen LogP contribution in [0.5, 0.6) is 0 Å². The van der Waals surface area contributed by atoms with Crippen LogP contribution in [-0.4, -0.2) is 108 Å². The predicted molar refractivity (Wildman–Crippen MR) is 204 cm³/mol. The van der Waals surface area contributed by atoms with Gasteiger partial charge in [-0.15, -0.1) is 0 Å². The van der Waals surface area contributed by atoms with E-state index in [-0.39, 0.29) is 165 Å². The first-order valence-corrected chi connectivity index (χ1v) is 16.8.